The number of aromatic nitrogens is 1. The summed E-state index contributed by atoms with van der Waals surface area (Å²) < 4.78 is 0. The van der Waals surface area contributed by atoms with Crippen molar-refractivity contribution in [2.24, 2.45) is 5.41 Å². The first-order chi connectivity index (χ1) is 7.71. The van der Waals surface area contributed by atoms with Crippen LogP contribution in [-0.2, 0) is 11.3 Å². The molecule has 0 unspecified atom stereocenters. The fraction of sp³-hybridized carbons (Fsp3) is 0.636. The molecule has 0 bridgehead atoms. The third kappa shape index (κ3) is 2.59. The van der Waals surface area contributed by atoms with Gasteiger partial charge >= 0.3 is 0 Å². The molecule has 2 rings (SSSR count). The van der Waals surface area contributed by atoms with Gasteiger partial charge in [-0.1, -0.05) is 6.92 Å². The Balaban J connectivity index is 1.87. The van der Waals surface area contributed by atoms with E-state index in [1.54, 1.807) is 16.8 Å². The van der Waals surface area contributed by atoms with Gasteiger partial charge in [-0.3, -0.25) is 4.79 Å². The molecule has 1 amide bonds. The zero-order valence-corrected chi connectivity index (χ0v) is 10.3. The van der Waals surface area contributed by atoms with Crippen molar-refractivity contribution in [2.75, 3.05) is 13.1 Å². The SMILES string of the molecule is CC1(C(=O)NCc2cscn2)CCNCC1. The first-order valence-electron chi connectivity index (χ1n) is 5.57. The molecular formula is C11H17N3OS. The molecule has 0 aliphatic carbocycles. The van der Waals surface area contributed by atoms with Crippen molar-refractivity contribution in [3.05, 3.63) is 16.6 Å². The summed E-state index contributed by atoms with van der Waals surface area (Å²) in [7, 11) is 0. The van der Waals surface area contributed by atoms with Crippen LogP contribution in [0.25, 0.3) is 0 Å². The Morgan fingerprint density at radius 3 is 3.00 bits per heavy atom. The smallest absolute Gasteiger partial charge is 0.226 e. The number of amides is 1. The number of carbonyl (C=O) groups excluding carboxylic acids is 1. The van der Waals surface area contributed by atoms with Crippen LogP contribution < -0.4 is 10.6 Å². The van der Waals surface area contributed by atoms with Gasteiger partial charge < -0.3 is 10.6 Å². The van der Waals surface area contributed by atoms with Gasteiger partial charge in [0.05, 0.1) is 17.7 Å². The summed E-state index contributed by atoms with van der Waals surface area (Å²) in [5, 5.41) is 8.21. The summed E-state index contributed by atoms with van der Waals surface area (Å²) in [6, 6.07) is 0. The molecule has 1 aliphatic rings. The summed E-state index contributed by atoms with van der Waals surface area (Å²) in [5.74, 6) is 0.155. The van der Waals surface area contributed by atoms with Crippen LogP contribution in [0.4, 0.5) is 0 Å². The third-order valence-electron chi connectivity index (χ3n) is 3.17. The van der Waals surface area contributed by atoms with Crippen molar-refractivity contribution in [1.29, 1.82) is 0 Å². The lowest BCUT2D eigenvalue weighted by atomic mass is 9.80. The van der Waals surface area contributed by atoms with E-state index in [0.717, 1.165) is 31.6 Å². The highest BCUT2D eigenvalue weighted by Gasteiger charge is 2.34. The molecule has 1 fully saturated rings. The summed E-state index contributed by atoms with van der Waals surface area (Å²) >= 11 is 1.55. The van der Waals surface area contributed by atoms with E-state index in [1.807, 2.05) is 12.3 Å². The van der Waals surface area contributed by atoms with Crippen LogP contribution in [0.15, 0.2) is 10.9 Å². The molecule has 2 heterocycles. The van der Waals surface area contributed by atoms with Crippen LogP contribution in [0.3, 0.4) is 0 Å². The molecule has 88 valence electrons. The minimum absolute atomic E-state index is 0.155. The molecule has 1 aliphatic heterocycles. The Bertz CT molecular complexity index is 344. The number of hydrogen-bond donors (Lipinski definition) is 2. The number of rotatable bonds is 3. The van der Waals surface area contributed by atoms with E-state index in [-0.39, 0.29) is 11.3 Å². The van der Waals surface area contributed by atoms with E-state index in [0.29, 0.717) is 6.54 Å². The summed E-state index contributed by atoms with van der Waals surface area (Å²) in [6.07, 6.45) is 1.83. The number of nitrogens with zero attached hydrogens (tertiary/aromatic N) is 1. The normalized spacial score (nSPS) is 19.3. The van der Waals surface area contributed by atoms with E-state index >= 15 is 0 Å². The standard InChI is InChI=1S/C11H17N3OS/c1-11(2-4-12-5-3-11)10(15)13-6-9-7-16-8-14-9/h7-8,12H,2-6H2,1H3,(H,13,15). The Hall–Kier alpha value is -0.940. The lowest BCUT2D eigenvalue weighted by Gasteiger charge is -2.32. The zero-order valence-electron chi connectivity index (χ0n) is 9.45. The average molecular weight is 239 g/mol. The zero-order chi connectivity index (χ0) is 11.4. The highest BCUT2D eigenvalue weighted by Crippen LogP contribution is 2.27. The van der Waals surface area contributed by atoms with E-state index < -0.39 is 0 Å². The van der Waals surface area contributed by atoms with Gasteiger partial charge in [-0.2, -0.15) is 0 Å². The molecule has 0 atom stereocenters. The average Bonchev–Trinajstić information content (AvgIpc) is 2.79. The lowest BCUT2D eigenvalue weighted by Crippen LogP contribution is -2.45. The number of thiazole rings is 1. The number of carbonyl (C=O) groups is 1. The van der Waals surface area contributed by atoms with Crippen molar-refractivity contribution in [3.63, 3.8) is 0 Å². The molecule has 1 aromatic rings. The van der Waals surface area contributed by atoms with Crippen molar-refractivity contribution >= 4 is 17.2 Å². The van der Waals surface area contributed by atoms with Crippen molar-refractivity contribution in [2.45, 2.75) is 26.3 Å². The second-order valence-electron chi connectivity index (χ2n) is 4.47. The quantitative estimate of drug-likeness (QED) is 0.832. The minimum Gasteiger partial charge on any atom is -0.350 e. The van der Waals surface area contributed by atoms with Gasteiger partial charge in [0.2, 0.25) is 5.91 Å². The van der Waals surface area contributed by atoms with Crippen molar-refractivity contribution < 1.29 is 4.79 Å². The predicted octanol–water partition coefficient (Wildman–Crippen LogP) is 1.15. The van der Waals surface area contributed by atoms with Gasteiger partial charge in [-0.25, -0.2) is 4.98 Å². The molecule has 16 heavy (non-hydrogen) atoms. The maximum atomic E-state index is 12.1. The summed E-state index contributed by atoms with van der Waals surface area (Å²) in [5.41, 5.74) is 2.52. The Morgan fingerprint density at radius 2 is 2.38 bits per heavy atom. The molecule has 0 aromatic carbocycles. The number of hydrogen-bond acceptors (Lipinski definition) is 4. The van der Waals surface area contributed by atoms with Gasteiger partial charge in [0.15, 0.2) is 0 Å². The second kappa shape index (κ2) is 4.93. The van der Waals surface area contributed by atoms with Gasteiger partial charge in [-0.05, 0) is 25.9 Å². The molecule has 5 heteroatoms. The Labute approximate surface area is 99.5 Å². The van der Waals surface area contributed by atoms with Gasteiger partial charge in [-0.15, -0.1) is 11.3 Å². The fourth-order valence-corrected chi connectivity index (χ4v) is 2.47. The van der Waals surface area contributed by atoms with Crippen LogP contribution in [0.2, 0.25) is 0 Å². The Morgan fingerprint density at radius 1 is 1.62 bits per heavy atom. The third-order valence-corrected chi connectivity index (χ3v) is 3.80. The molecule has 1 aromatic heterocycles. The molecule has 2 N–H and O–H groups in total. The van der Waals surface area contributed by atoms with Gasteiger partial charge in [0.25, 0.3) is 0 Å². The van der Waals surface area contributed by atoms with E-state index in [9.17, 15) is 4.79 Å². The highest BCUT2D eigenvalue weighted by atomic mass is 32.1. The van der Waals surface area contributed by atoms with Gasteiger partial charge in [0.1, 0.15) is 0 Å². The monoisotopic (exact) mass is 239 g/mol. The molecule has 0 radical (unpaired) electrons. The number of nitrogens with one attached hydrogen (secondary N) is 2. The van der Waals surface area contributed by atoms with Crippen molar-refractivity contribution in [3.8, 4) is 0 Å². The van der Waals surface area contributed by atoms with E-state index in [1.165, 1.54) is 0 Å². The van der Waals surface area contributed by atoms with Gasteiger partial charge in [0, 0.05) is 10.8 Å². The molecule has 4 nitrogen and oxygen atoms in total. The van der Waals surface area contributed by atoms with Crippen LogP contribution in [0.1, 0.15) is 25.5 Å². The number of piperidine rings is 1. The maximum absolute atomic E-state index is 12.1. The van der Waals surface area contributed by atoms with Crippen molar-refractivity contribution in [1.82, 2.24) is 15.6 Å². The fourth-order valence-electron chi connectivity index (χ4n) is 1.91. The minimum atomic E-state index is -0.207. The van der Waals surface area contributed by atoms with Crippen LogP contribution in [0, 0.1) is 5.41 Å². The lowest BCUT2D eigenvalue weighted by molar-refractivity contribution is -0.131. The highest BCUT2D eigenvalue weighted by molar-refractivity contribution is 7.07. The van der Waals surface area contributed by atoms with Crippen LogP contribution in [-0.4, -0.2) is 24.0 Å². The first kappa shape index (κ1) is 11.5. The topological polar surface area (TPSA) is 54.0 Å². The largest absolute Gasteiger partial charge is 0.350 e. The Kier molecular flexibility index (Phi) is 3.56. The predicted molar refractivity (Wildman–Crippen MR) is 64.2 cm³/mol. The van der Waals surface area contributed by atoms with Crippen LogP contribution in [0.5, 0.6) is 0 Å². The molecule has 0 spiro atoms. The maximum Gasteiger partial charge on any atom is 0.226 e. The van der Waals surface area contributed by atoms with Crippen LogP contribution >= 0.6 is 11.3 Å². The molecule has 1 saturated heterocycles. The molecular weight excluding hydrogens is 222 g/mol. The second-order valence-corrected chi connectivity index (χ2v) is 5.19. The first-order valence-corrected chi connectivity index (χ1v) is 6.51. The summed E-state index contributed by atoms with van der Waals surface area (Å²) in [6.45, 7) is 4.46. The molecule has 0 saturated carbocycles. The summed E-state index contributed by atoms with van der Waals surface area (Å²) in [4.78, 5) is 16.2. The van der Waals surface area contributed by atoms with E-state index in [4.69, 9.17) is 0 Å². The van der Waals surface area contributed by atoms with E-state index in [2.05, 4.69) is 15.6 Å².